The zero-order valence-electron chi connectivity index (χ0n) is 15.6. The van der Waals surface area contributed by atoms with E-state index >= 15 is 0 Å². The summed E-state index contributed by atoms with van der Waals surface area (Å²) in [4.78, 5) is 12.8. The molecule has 3 aromatic carbocycles. The second-order valence-corrected chi connectivity index (χ2v) is 6.89. The summed E-state index contributed by atoms with van der Waals surface area (Å²) >= 11 is 0. The molecule has 0 bridgehead atoms. The number of halogens is 1. The minimum absolute atomic E-state index is 0.164. The lowest BCUT2D eigenvalue weighted by molar-refractivity contribution is 0.0916. The SMILES string of the molecule is O=C(NC(CO)Cc1ccccc1)c1ccc2[nH]nc(-c3cccc(F)c3)c2c1. The number of carbonyl (C=O) groups excluding carboxylic acids is 1. The van der Waals surface area contributed by atoms with Crippen LogP contribution < -0.4 is 5.32 Å². The first-order chi connectivity index (χ1) is 14.1. The van der Waals surface area contributed by atoms with Crippen molar-refractivity contribution in [2.45, 2.75) is 12.5 Å². The molecule has 1 amide bonds. The molecule has 1 unspecified atom stereocenters. The maximum Gasteiger partial charge on any atom is 0.251 e. The highest BCUT2D eigenvalue weighted by atomic mass is 19.1. The molecule has 6 heteroatoms. The fourth-order valence-electron chi connectivity index (χ4n) is 3.34. The zero-order chi connectivity index (χ0) is 20.2. The molecule has 1 aromatic heterocycles. The summed E-state index contributed by atoms with van der Waals surface area (Å²) in [6.45, 7) is -0.164. The number of aliphatic hydroxyl groups is 1. The largest absolute Gasteiger partial charge is 0.394 e. The van der Waals surface area contributed by atoms with Crippen LogP contribution in [-0.4, -0.2) is 33.9 Å². The number of benzene rings is 3. The van der Waals surface area contributed by atoms with Gasteiger partial charge in [-0.25, -0.2) is 4.39 Å². The summed E-state index contributed by atoms with van der Waals surface area (Å²) in [6, 6.07) is 20.7. The van der Waals surface area contributed by atoms with Crippen molar-refractivity contribution in [3.63, 3.8) is 0 Å². The Hall–Kier alpha value is -3.51. The molecular weight excluding hydrogens is 369 g/mol. The van der Waals surface area contributed by atoms with Crippen LogP contribution in [-0.2, 0) is 6.42 Å². The highest BCUT2D eigenvalue weighted by Gasteiger charge is 2.16. The maximum absolute atomic E-state index is 13.6. The van der Waals surface area contributed by atoms with E-state index < -0.39 is 6.04 Å². The van der Waals surface area contributed by atoms with Crippen molar-refractivity contribution in [1.29, 1.82) is 0 Å². The summed E-state index contributed by atoms with van der Waals surface area (Å²) in [5, 5.41) is 20.5. The Morgan fingerprint density at radius 3 is 2.66 bits per heavy atom. The number of hydrogen-bond acceptors (Lipinski definition) is 3. The third kappa shape index (κ3) is 4.17. The van der Waals surface area contributed by atoms with Crippen LogP contribution in [0.4, 0.5) is 4.39 Å². The lowest BCUT2D eigenvalue weighted by atomic mass is 10.0. The number of nitrogens with one attached hydrogen (secondary N) is 2. The first-order valence-corrected chi connectivity index (χ1v) is 9.34. The number of aliphatic hydroxyl groups excluding tert-OH is 1. The number of fused-ring (bicyclic) bond motifs is 1. The monoisotopic (exact) mass is 389 g/mol. The van der Waals surface area contributed by atoms with Gasteiger partial charge in [0.25, 0.3) is 5.91 Å². The normalized spacial score (nSPS) is 12.1. The highest BCUT2D eigenvalue weighted by molar-refractivity contribution is 6.01. The van der Waals surface area contributed by atoms with Crippen molar-refractivity contribution >= 4 is 16.8 Å². The van der Waals surface area contributed by atoms with Gasteiger partial charge in [0.1, 0.15) is 11.5 Å². The Labute approximate surface area is 167 Å². The molecular formula is C23H20FN3O2. The smallest absolute Gasteiger partial charge is 0.251 e. The molecule has 0 aliphatic heterocycles. The van der Waals surface area contributed by atoms with Gasteiger partial charge in [-0.3, -0.25) is 9.89 Å². The Kier molecular flexibility index (Phi) is 5.35. The molecule has 0 aliphatic carbocycles. The fraction of sp³-hybridized carbons (Fsp3) is 0.130. The average molecular weight is 389 g/mol. The molecule has 146 valence electrons. The average Bonchev–Trinajstić information content (AvgIpc) is 3.17. The van der Waals surface area contributed by atoms with Gasteiger partial charge in [-0.1, -0.05) is 42.5 Å². The van der Waals surface area contributed by atoms with Crippen LogP contribution in [0, 0.1) is 5.82 Å². The molecule has 0 spiro atoms. The van der Waals surface area contributed by atoms with Crippen molar-refractivity contribution in [1.82, 2.24) is 15.5 Å². The van der Waals surface area contributed by atoms with E-state index in [1.165, 1.54) is 12.1 Å². The molecule has 1 atom stereocenters. The zero-order valence-corrected chi connectivity index (χ0v) is 15.6. The third-order valence-electron chi connectivity index (χ3n) is 4.80. The van der Waals surface area contributed by atoms with Crippen LogP contribution in [0.2, 0.25) is 0 Å². The number of nitrogens with zero attached hydrogens (tertiary/aromatic N) is 1. The van der Waals surface area contributed by atoms with E-state index in [1.54, 1.807) is 30.3 Å². The van der Waals surface area contributed by atoms with Gasteiger partial charge in [-0.2, -0.15) is 5.10 Å². The quantitative estimate of drug-likeness (QED) is 0.471. The van der Waals surface area contributed by atoms with Crippen molar-refractivity contribution < 1.29 is 14.3 Å². The minimum atomic E-state index is -0.396. The van der Waals surface area contributed by atoms with Crippen molar-refractivity contribution in [2.24, 2.45) is 0 Å². The second kappa shape index (κ2) is 8.24. The first-order valence-electron chi connectivity index (χ1n) is 9.34. The van der Waals surface area contributed by atoms with E-state index in [9.17, 15) is 14.3 Å². The number of carbonyl (C=O) groups is 1. The molecule has 0 saturated carbocycles. The second-order valence-electron chi connectivity index (χ2n) is 6.89. The predicted molar refractivity (Wildman–Crippen MR) is 110 cm³/mol. The highest BCUT2D eigenvalue weighted by Crippen LogP contribution is 2.27. The first kappa shape index (κ1) is 18.8. The molecule has 4 rings (SSSR count). The number of aromatic amines is 1. The molecule has 5 nitrogen and oxygen atoms in total. The minimum Gasteiger partial charge on any atom is -0.394 e. The lowest BCUT2D eigenvalue weighted by Crippen LogP contribution is -2.39. The van der Waals surface area contributed by atoms with Gasteiger partial charge in [-0.05, 0) is 42.3 Å². The van der Waals surface area contributed by atoms with Crippen LogP contribution in [0.3, 0.4) is 0 Å². The van der Waals surface area contributed by atoms with Crippen LogP contribution >= 0.6 is 0 Å². The fourth-order valence-corrected chi connectivity index (χ4v) is 3.34. The Morgan fingerprint density at radius 2 is 1.90 bits per heavy atom. The number of hydrogen-bond donors (Lipinski definition) is 3. The Morgan fingerprint density at radius 1 is 1.07 bits per heavy atom. The molecule has 1 heterocycles. The number of aromatic nitrogens is 2. The molecule has 3 N–H and O–H groups in total. The van der Waals surface area contributed by atoms with Gasteiger partial charge < -0.3 is 10.4 Å². The molecule has 0 saturated heterocycles. The van der Waals surface area contributed by atoms with Gasteiger partial charge in [-0.15, -0.1) is 0 Å². The standard InChI is InChI=1S/C23H20FN3O2/c24-18-8-4-7-16(12-18)22-20-13-17(9-10-21(20)26-27-22)23(29)25-19(14-28)11-15-5-2-1-3-6-15/h1-10,12-13,19,28H,11,14H2,(H,25,29)(H,26,27). The van der Waals surface area contributed by atoms with Gasteiger partial charge in [0.2, 0.25) is 0 Å². The van der Waals surface area contributed by atoms with Crippen LogP contribution in [0.5, 0.6) is 0 Å². The summed E-state index contributed by atoms with van der Waals surface area (Å²) in [5.74, 6) is -0.632. The van der Waals surface area contributed by atoms with Crippen molar-refractivity contribution in [2.75, 3.05) is 6.61 Å². The van der Waals surface area contributed by atoms with Crippen molar-refractivity contribution in [3.8, 4) is 11.3 Å². The van der Waals surface area contributed by atoms with Gasteiger partial charge in [0, 0.05) is 16.5 Å². The van der Waals surface area contributed by atoms with E-state index in [-0.39, 0.29) is 18.3 Å². The van der Waals surface area contributed by atoms with Crippen LogP contribution in [0.15, 0.2) is 72.8 Å². The van der Waals surface area contributed by atoms with Crippen LogP contribution in [0.1, 0.15) is 15.9 Å². The van der Waals surface area contributed by atoms with E-state index in [1.807, 2.05) is 30.3 Å². The molecule has 0 fully saturated rings. The van der Waals surface area contributed by atoms with Gasteiger partial charge in [0.05, 0.1) is 18.2 Å². The molecule has 4 aromatic rings. The summed E-state index contributed by atoms with van der Waals surface area (Å²) < 4.78 is 13.6. The third-order valence-corrected chi connectivity index (χ3v) is 4.80. The predicted octanol–water partition coefficient (Wildman–Crippen LogP) is 3.70. The van der Waals surface area contributed by atoms with Gasteiger partial charge >= 0.3 is 0 Å². The van der Waals surface area contributed by atoms with Crippen molar-refractivity contribution in [3.05, 3.63) is 89.7 Å². The Balaban J connectivity index is 1.58. The molecule has 0 radical (unpaired) electrons. The van der Waals surface area contributed by atoms with E-state index in [0.29, 0.717) is 23.2 Å². The summed E-state index contributed by atoms with van der Waals surface area (Å²) in [6.07, 6.45) is 0.533. The number of H-pyrrole nitrogens is 1. The number of amides is 1. The molecule has 0 aliphatic rings. The summed E-state index contributed by atoms with van der Waals surface area (Å²) in [5.41, 5.74) is 3.45. The topological polar surface area (TPSA) is 78.0 Å². The van der Waals surface area contributed by atoms with E-state index in [2.05, 4.69) is 15.5 Å². The Bertz CT molecular complexity index is 1140. The van der Waals surface area contributed by atoms with Crippen LogP contribution in [0.25, 0.3) is 22.2 Å². The molecule has 29 heavy (non-hydrogen) atoms. The van der Waals surface area contributed by atoms with E-state index in [0.717, 1.165) is 16.5 Å². The lowest BCUT2D eigenvalue weighted by Gasteiger charge is -2.16. The van der Waals surface area contributed by atoms with E-state index in [4.69, 9.17) is 0 Å². The maximum atomic E-state index is 13.6. The summed E-state index contributed by atoms with van der Waals surface area (Å²) in [7, 11) is 0. The number of rotatable bonds is 6. The van der Waals surface area contributed by atoms with Gasteiger partial charge in [0.15, 0.2) is 0 Å².